The standard InChI is InChI=1S/C16H14N4O5S/c1-7-3-8(2)12-10(4-7)26-16(19-12)18-11(21)6-25-14(23)9-5-17-15(24)20-13(9)22/h3-5H,6H2,1-2H3,(H,18,19,21)(H2,17,20,22,24). The number of hydrogen-bond donors (Lipinski definition) is 3. The van der Waals surface area contributed by atoms with Crippen LogP contribution in [0, 0.1) is 13.8 Å². The van der Waals surface area contributed by atoms with E-state index in [2.05, 4.69) is 15.3 Å². The summed E-state index contributed by atoms with van der Waals surface area (Å²) < 4.78 is 5.72. The van der Waals surface area contributed by atoms with Gasteiger partial charge in [-0.2, -0.15) is 0 Å². The van der Waals surface area contributed by atoms with E-state index in [-0.39, 0.29) is 0 Å². The molecule has 3 N–H and O–H groups in total. The summed E-state index contributed by atoms with van der Waals surface area (Å²) in [7, 11) is 0. The van der Waals surface area contributed by atoms with Gasteiger partial charge in [0.25, 0.3) is 11.5 Å². The summed E-state index contributed by atoms with van der Waals surface area (Å²) in [6, 6.07) is 3.97. The maximum Gasteiger partial charge on any atom is 0.345 e. The quantitative estimate of drug-likeness (QED) is 0.585. The van der Waals surface area contributed by atoms with Crippen molar-refractivity contribution < 1.29 is 14.3 Å². The van der Waals surface area contributed by atoms with Gasteiger partial charge < -0.3 is 9.72 Å². The second-order valence-electron chi connectivity index (χ2n) is 5.56. The highest BCUT2D eigenvalue weighted by atomic mass is 32.1. The second kappa shape index (κ2) is 6.92. The Morgan fingerprint density at radius 3 is 2.77 bits per heavy atom. The predicted molar refractivity (Wildman–Crippen MR) is 95.7 cm³/mol. The zero-order chi connectivity index (χ0) is 18.8. The largest absolute Gasteiger partial charge is 0.452 e. The van der Waals surface area contributed by atoms with Crippen LogP contribution in [0.2, 0.25) is 0 Å². The minimum absolute atomic E-state index is 0.386. The van der Waals surface area contributed by atoms with Gasteiger partial charge in [-0.15, -0.1) is 0 Å². The van der Waals surface area contributed by atoms with Crippen molar-refractivity contribution in [3.63, 3.8) is 0 Å². The van der Waals surface area contributed by atoms with Crippen LogP contribution in [0.15, 0.2) is 27.9 Å². The summed E-state index contributed by atoms with van der Waals surface area (Å²) in [6.45, 7) is 3.32. The van der Waals surface area contributed by atoms with E-state index in [0.717, 1.165) is 27.5 Å². The third-order valence-electron chi connectivity index (χ3n) is 3.45. The number of carbonyl (C=O) groups is 2. The molecule has 0 radical (unpaired) electrons. The Bertz CT molecular complexity index is 1130. The van der Waals surface area contributed by atoms with Gasteiger partial charge in [-0.1, -0.05) is 17.4 Å². The highest BCUT2D eigenvalue weighted by Gasteiger charge is 2.15. The lowest BCUT2D eigenvalue weighted by atomic mass is 10.1. The number of carbonyl (C=O) groups excluding carboxylic acids is 2. The van der Waals surface area contributed by atoms with Gasteiger partial charge >= 0.3 is 11.7 Å². The summed E-state index contributed by atoms with van der Waals surface area (Å²) in [5.74, 6) is -1.61. The normalized spacial score (nSPS) is 10.7. The minimum atomic E-state index is -1.02. The number of aryl methyl sites for hydroxylation is 2. The molecule has 134 valence electrons. The molecule has 0 aliphatic rings. The van der Waals surface area contributed by atoms with Gasteiger partial charge in [0.05, 0.1) is 10.2 Å². The molecule has 9 nitrogen and oxygen atoms in total. The van der Waals surface area contributed by atoms with E-state index in [1.807, 2.05) is 31.0 Å². The summed E-state index contributed by atoms with van der Waals surface area (Å²) in [5, 5.41) is 2.94. The smallest absolute Gasteiger partial charge is 0.345 e. The van der Waals surface area contributed by atoms with Crippen LogP contribution in [0.5, 0.6) is 0 Å². The van der Waals surface area contributed by atoms with Crippen molar-refractivity contribution in [3.05, 3.63) is 55.9 Å². The molecule has 3 aromatic rings. The van der Waals surface area contributed by atoms with E-state index in [1.165, 1.54) is 11.3 Å². The first kappa shape index (κ1) is 17.5. The first-order valence-corrected chi connectivity index (χ1v) is 8.32. The number of anilines is 1. The number of aromatic amines is 2. The number of H-pyrrole nitrogens is 2. The number of fused-ring (bicyclic) bond motifs is 1. The average molecular weight is 374 g/mol. The Hall–Kier alpha value is -3.27. The maximum atomic E-state index is 12.0. The molecule has 2 aromatic heterocycles. The first-order chi connectivity index (χ1) is 12.3. The summed E-state index contributed by atoms with van der Waals surface area (Å²) in [4.78, 5) is 54.6. The Kier molecular flexibility index (Phi) is 4.67. The number of aromatic nitrogens is 3. The van der Waals surface area contributed by atoms with Gasteiger partial charge in [-0.05, 0) is 31.0 Å². The predicted octanol–water partition coefficient (Wildman–Crippen LogP) is 1.09. The van der Waals surface area contributed by atoms with E-state index in [1.54, 1.807) is 0 Å². The van der Waals surface area contributed by atoms with Crippen LogP contribution in [-0.4, -0.2) is 33.4 Å². The summed E-state index contributed by atoms with van der Waals surface area (Å²) in [6.07, 6.45) is 0.931. The SMILES string of the molecule is Cc1cc(C)c2nc(NC(=O)COC(=O)c3c[nH]c(=O)[nH]c3=O)sc2c1. The van der Waals surface area contributed by atoms with Crippen molar-refractivity contribution in [1.29, 1.82) is 0 Å². The Balaban J connectivity index is 1.66. The molecule has 26 heavy (non-hydrogen) atoms. The minimum Gasteiger partial charge on any atom is -0.452 e. The van der Waals surface area contributed by atoms with Gasteiger partial charge in [-0.25, -0.2) is 14.6 Å². The Morgan fingerprint density at radius 2 is 2.04 bits per heavy atom. The van der Waals surface area contributed by atoms with E-state index >= 15 is 0 Å². The van der Waals surface area contributed by atoms with Gasteiger partial charge in [0.15, 0.2) is 11.7 Å². The summed E-state index contributed by atoms with van der Waals surface area (Å²) >= 11 is 1.31. The van der Waals surface area contributed by atoms with Crippen LogP contribution in [0.3, 0.4) is 0 Å². The molecular formula is C16H14N4O5S. The number of amides is 1. The zero-order valence-corrected chi connectivity index (χ0v) is 14.7. The van der Waals surface area contributed by atoms with Crippen LogP contribution in [0.1, 0.15) is 21.5 Å². The monoisotopic (exact) mass is 374 g/mol. The van der Waals surface area contributed by atoms with Gasteiger partial charge in [0, 0.05) is 6.20 Å². The van der Waals surface area contributed by atoms with Crippen molar-refractivity contribution in [3.8, 4) is 0 Å². The number of nitrogens with zero attached hydrogens (tertiary/aromatic N) is 1. The molecule has 0 atom stereocenters. The van der Waals surface area contributed by atoms with Crippen LogP contribution in [0.4, 0.5) is 5.13 Å². The molecule has 0 aliphatic heterocycles. The van der Waals surface area contributed by atoms with Crippen LogP contribution >= 0.6 is 11.3 Å². The van der Waals surface area contributed by atoms with E-state index in [4.69, 9.17) is 4.74 Å². The highest BCUT2D eigenvalue weighted by Crippen LogP contribution is 2.29. The Morgan fingerprint density at radius 1 is 1.27 bits per heavy atom. The van der Waals surface area contributed by atoms with Crippen molar-refractivity contribution in [2.75, 3.05) is 11.9 Å². The van der Waals surface area contributed by atoms with Crippen LogP contribution in [-0.2, 0) is 9.53 Å². The third kappa shape index (κ3) is 3.70. The maximum absolute atomic E-state index is 12.0. The molecule has 2 heterocycles. The van der Waals surface area contributed by atoms with Gasteiger partial charge in [-0.3, -0.25) is 19.9 Å². The lowest BCUT2D eigenvalue weighted by Gasteiger charge is -2.03. The van der Waals surface area contributed by atoms with Crippen molar-refractivity contribution >= 4 is 38.6 Å². The number of ether oxygens (including phenoxy) is 1. The topological polar surface area (TPSA) is 134 Å². The lowest BCUT2D eigenvalue weighted by Crippen LogP contribution is -2.29. The summed E-state index contributed by atoms with van der Waals surface area (Å²) in [5.41, 5.74) is 0.857. The Labute approximate surface area is 150 Å². The second-order valence-corrected chi connectivity index (χ2v) is 6.59. The number of esters is 1. The van der Waals surface area contributed by atoms with Crippen molar-refractivity contribution in [1.82, 2.24) is 15.0 Å². The number of hydrogen-bond acceptors (Lipinski definition) is 7. The third-order valence-corrected chi connectivity index (χ3v) is 4.37. The molecule has 1 amide bonds. The molecule has 0 aliphatic carbocycles. The molecule has 0 unspecified atom stereocenters. The van der Waals surface area contributed by atoms with Gasteiger partial charge in [0.1, 0.15) is 5.56 Å². The number of thiazole rings is 1. The van der Waals surface area contributed by atoms with Crippen LogP contribution < -0.4 is 16.6 Å². The molecule has 0 spiro atoms. The fraction of sp³-hybridized carbons (Fsp3) is 0.188. The molecule has 0 bridgehead atoms. The van der Waals surface area contributed by atoms with E-state index < -0.39 is 35.3 Å². The van der Waals surface area contributed by atoms with Crippen LogP contribution in [0.25, 0.3) is 10.2 Å². The lowest BCUT2D eigenvalue weighted by molar-refractivity contribution is -0.119. The molecule has 10 heteroatoms. The molecule has 0 fully saturated rings. The van der Waals surface area contributed by atoms with E-state index in [9.17, 15) is 19.2 Å². The molecule has 0 saturated carbocycles. The number of nitrogens with one attached hydrogen (secondary N) is 3. The molecule has 1 aromatic carbocycles. The fourth-order valence-electron chi connectivity index (χ4n) is 2.35. The fourth-order valence-corrected chi connectivity index (χ4v) is 3.41. The molecule has 3 rings (SSSR count). The van der Waals surface area contributed by atoms with Gasteiger partial charge in [0.2, 0.25) is 0 Å². The highest BCUT2D eigenvalue weighted by molar-refractivity contribution is 7.22. The first-order valence-electron chi connectivity index (χ1n) is 7.50. The van der Waals surface area contributed by atoms with Crippen molar-refractivity contribution in [2.24, 2.45) is 0 Å². The molecular weight excluding hydrogens is 360 g/mol. The molecule has 0 saturated heterocycles. The van der Waals surface area contributed by atoms with E-state index in [0.29, 0.717) is 5.13 Å². The number of rotatable bonds is 4. The average Bonchev–Trinajstić information content (AvgIpc) is 2.95. The number of benzene rings is 1. The zero-order valence-electron chi connectivity index (χ0n) is 13.8. The van der Waals surface area contributed by atoms with Crippen molar-refractivity contribution in [2.45, 2.75) is 13.8 Å².